The molecule has 0 unspecified atom stereocenters. The van der Waals surface area contributed by atoms with E-state index in [-0.39, 0.29) is 11.6 Å². The Morgan fingerprint density at radius 1 is 0.719 bits per heavy atom. The monoisotopic (exact) mass is 425 g/mol. The molecule has 1 aliphatic heterocycles. The molecule has 0 amide bonds. The number of aromatic nitrogens is 2. The van der Waals surface area contributed by atoms with Gasteiger partial charge in [0.2, 0.25) is 5.88 Å². The molecule has 5 nitrogen and oxygen atoms in total. The fraction of sp³-hybridized carbons (Fsp3) is 0.222. The smallest absolute Gasteiger partial charge is 0.336 e. The molecule has 3 aromatic carbocycles. The molecule has 0 atom stereocenters. The van der Waals surface area contributed by atoms with Crippen molar-refractivity contribution in [2.24, 2.45) is 0 Å². The van der Waals surface area contributed by atoms with E-state index in [0.717, 1.165) is 23.2 Å². The number of hydrogen-bond acceptors (Lipinski definition) is 3. The molecular formula is C27H27N3O2. The Hall–Kier alpha value is -3.57. The van der Waals surface area contributed by atoms with Crippen LogP contribution in [0.15, 0.2) is 89.9 Å². The van der Waals surface area contributed by atoms with Crippen LogP contribution < -0.4 is 5.69 Å². The van der Waals surface area contributed by atoms with Gasteiger partial charge in [-0.15, -0.1) is 0 Å². The summed E-state index contributed by atoms with van der Waals surface area (Å²) in [6.45, 7) is 3.76. The topological polar surface area (TPSA) is 50.4 Å². The maximum Gasteiger partial charge on any atom is 0.336 e. The molecule has 5 heteroatoms. The van der Waals surface area contributed by atoms with Crippen LogP contribution in [0.3, 0.4) is 0 Å². The standard InChI is InChI=1S/C27H27N3O2/c31-26-20-29(19-22-10-8-21(9-11-22)18-28-16-4-5-17-28)27(32)30(26)25-14-12-24(13-15-25)23-6-2-1-3-7-23/h1-3,6-15,20,31H,4-5,16-19H2. The lowest BCUT2D eigenvalue weighted by molar-refractivity contribution is 0.331. The molecule has 0 aliphatic carbocycles. The van der Waals surface area contributed by atoms with Crippen molar-refractivity contribution < 1.29 is 5.11 Å². The summed E-state index contributed by atoms with van der Waals surface area (Å²) in [4.78, 5) is 15.5. The van der Waals surface area contributed by atoms with Crippen molar-refractivity contribution in [1.29, 1.82) is 0 Å². The van der Waals surface area contributed by atoms with E-state index >= 15 is 0 Å². The summed E-state index contributed by atoms with van der Waals surface area (Å²) < 4.78 is 2.90. The molecule has 162 valence electrons. The summed E-state index contributed by atoms with van der Waals surface area (Å²) in [5.74, 6) is -0.0619. The maximum atomic E-state index is 13.0. The van der Waals surface area contributed by atoms with Crippen LogP contribution in [0.1, 0.15) is 24.0 Å². The summed E-state index contributed by atoms with van der Waals surface area (Å²) in [5.41, 5.74) is 4.90. The van der Waals surface area contributed by atoms with Crippen molar-refractivity contribution in [1.82, 2.24) is 14.0 Å². The van der Waals surface area contributed by atoms with E-state index in [1.54, 1.807) is 4.57 Å². The zero-order chi connectivity index (χ0) is 21.9. The second-order valence-corrected chi connectivity index (χ2v) is 8.45. The van der Waals surface area contributed by atoms with Crippen molar-refractivity contribution in [2.45, 2.75) is 25.9 Å². The van der Waals surface area contributed by atoms with E-state index in [0.29, 0.717) is 12.2 Å². The molecule has 32 heavy (non-hydrogen) atoms. The molecule has 1 aliphatic rings. The van der Waals surface area contributed by atoms with E-state index in [4.69, 9.17) is 0 Å². The first-order valence-electron chi connectivity index (χ1n) is 11.1. The van der Waals surface area contributed by atoms with Gasteiger partial charge in [-0.25, -0.2) is 9.36 Å². The number of rotatable bonds is 6. The highest BCUT2D eigenvalue weighted by atomic mass is 16.3. The first-order valence-corrected chi connectivity index (χ1v) is 11.1. The molecule has 0 spiro atoms. The highest BCUT2D eigenvalue weighted by Gasteiger charge is 2.14. The molecule has 0 saturated carbocycles. The predicted octanol–water partition coefficient (Wildman–Crippen LogP) is 4.66. The van der Waals surface area contributed by atoms with Crippen molar-refractivity contribution in [3.05, 3.63) is 107 Å². The van der Waals surface area contributed by atoms with E-state index < -0.39 is 0 Å². The lowest BCUT2D eigenvalue weighted by Gasteiger charge is -2.14. The Kier molecular flexibility index (Phi) is 5.65. The van der Waals surface area contributed by atoms with Gasteiger partial charge in [-0.2, -0.15) is 0 Å². The molecule has 2 heterocycles. The van der Waals surface area contributed by atoms with Crippen molar-refractivity contribution in [2.75, 3.05) is 13.1 Å². The maximum absolute atomic E-state index is 13.0. The van der Waals surface area contributed by atoms with Gasteiger partial charge in [0, 0.05) is 6.54 Å². The van der Waals surface area contributed by atoms with Gasteiger partial charge in [-0.3, -0.25) is 9.47 Å². The number of hydrogen-bond donors (Lipinski definition) is 1. The van der Waals surface area contributed by atoms with Crippen LogP contribution in [-0.4, -0.2) is 32.2 Å². The molecule has 1 saturated heterocycles. The molecule has 5 rings (SSSR count). The van der Waals surface area contributed by atoms with Crippen LogP contribution in [0, 0.1) is 0 Å². The number of likely N-dealkylation sites (tertiary alicyclic amines) is 1. The highest BCUT2D eigenvalue weighted by molar-refractivity contribution is 5.64. The zero-order valence-corrected chi connectivity index (χ0v) is 18.0. The normalized spacial score (nSPS) is 14.1. The second-order valence-electron chi connectivity index (χ2n) is 8.45. The van der Waals surface area contributed by atoms with Crippen LogP contribution >= 0.6 is 0 Å². The minimum absolute atomic E-state index is 0.0619. The Morgan fingerprint density at radius 2 is 1.31 bits per heavy atom. The van der Waals surface area contributed by atoms with E-state index in [1.807, 2.05) is 54.6 Å². The average Bonchev–Trinajstić information content (AvgIpc) is 3.43. The van der Waals surface area contributed by atoms with Crippen LogP contribution in [0.5, 0.6) is 5.88 Å². The molecule has 1 fully saturated rings. The Bertz CT molecular complexity index is 1230. The largest absolute Gasteiger partial charge is 0.493 e. The fourth-order valence-corrected chi connectivity index (χ4v) is 4.41. The predicted molar refractivity (Wildman–Crippen MR) is 127 cm³/mol. The summed E-state index contributed by atoms with van der Waals surface area (Å²) in [6, 6.07) is 26.1. The summed E-state index contributed by atoms with van der Waals surface area (Å²) in [6.07, 6.45) is 4.08. The van der Waals surface area contributed by atoms with Crippen LogP contribution in [0.4, 0.5) is 0 Å². The molecule has 0 bridgehead atoms. The van der Waals surface area contributed by atoms with Crippen molar-refractivity contribution in [3.8, 4) is 22.7 Å². The summed E-state index contributed by atoms with van der Waals surface area (Å²) in [7, 11) is 0. The van der Waals surface area contributed by atoms with Gasteiger partial charge in [-0.1, -0.05) is 66.7 Å². The number of nitrogens with zero attached hydrogens (tertiary/aromatic N) is 3. The molecule has 4 aromatic rings. The Balaban J connectivity index is 1.33. The molecular weight excluding hydrogens is 398 g/mol. The Morgan fingerprint density at radius 3 is 1.97 bits per heavy atom. The number of imidazole rings is 1. The lowest BCUT2D eigenvalue weighted by atomic mass is 10.1. The SMILES string of the molecule is O=c1n(Cc2ccc(CN3CCCC3)cc2)cc(O)n1-c1ccc(-c2ccccc2)cc1. The molecule has 1 N–H and O–H groups in total. The highest BCUT2D eigenvalue weighted by Crippen LogP contribution is 2.22. The Labute approximate surface area is 187 Å². The van der Waals surface area contributed by atoms with Crippen molar-refractivity contribution in [3.63, 3.8) is 0 Å². The first kappa shape index (κ1) is 20.3. The van der Waals surface area contributed by atoms with E-state index in [2.05, 4.69) is 29.2 Å². The van der Waals surface area contributed by atoms with Crippen LogP contribution in [0.2, 0.25) is 0 Å². The number of aromatic hydroxyl groups is 1. The quantitative estimate of drug-likeness (QED) is 0.489. The van der Waals surface area contributed by atoms with Gasteiger partial charge in [0.15, 0.2) is 0 Å². The molecule has 1 aromatic heterocycles. The number of benzene rings is 3. The fourth-order valence-electron chi connectivity index (χ4n) is 4.41. The summed E-state index contributed by atoms with van der Waals surface area (Å²) in [5, 5.41) is 10.5. The van der Waals surface area contributed by atoms with Crippen molar-refractivity contribution >= 4 is 0 Å². The van der Waals surface area contributed by atoms with Gasteiger partial charge in [0.1, 0.15) is 0 Å². The minimum Gasteiger partial charge on any atom is -0.493 e. The van der Waals surface area contributed by atoms with Gasteiger partial charge >= 0.3 is 5.69 Å². The lowest BCUT2D eigenvalue weighted by Crippen LogP contribution is -2.23. The van der Waals surface area contributed by atoms with E-state index in [9.17, 15) is 9.90 Å². The summed E-state index contributed by atoms with van der Waals surface area (Å²) >= 11 is 0. The zero-order valence-electron chi connectivity index (χ0n) is 18.0. The average molecular weight is 426 g/mol. The molecule has 0 radical (unpaired) electrons. The van der Waals surface area contributed by atoms with Crippen LogP contribution in [0.25, 0.3) is 16.8 Å². The van der Waals surface area contributed by atoms with Gasteiger partial charge in [0.25, 0.3) is 0 Å². The van der Waals surface area contributed by atoms with E-state index in [1.165, 1.54) is 42.3 Å². The van der Waals surface area contributed by atoms with Gasteiger partial charge < -0.3 is 5.11 Å². The first-order chi connectivity index (χ1) is 15.7. The third-order valence-corrected chi connectivity index (χ3v) is 6.15. The minimum atomic E-state index is -0.254. The van der Waals surface area contributed by atoms with Crippen LogP contribution in [-0.2, 0) is 13.1 Å². The third-order valence-electron chi connectivity index (χ3n) is 6.15. The third kappa shape index (κ3) is 4.25. The van der Waals surface area contributed by atoms with Gasteiger partial charge in [0.05, 0.1) is 18.4 Å². The second kappa shape index (κ2) is 8.89. The van der Waals surface area contributed by atoms with Gasteiger partial charge in [-0.05, 0) is 60.3 Å².